The van der Waals surface area contributed by atoms with Gasteiger partial charge in [-0.25, -0.2) is 12.8 Å². The van der Waals surface area contributed by atoms with Gasteiger partial charge in [0.2, 0.25) is 0 Å². The van der Waals surface area contributed by atoms with Crippen LogP contribution in [-0.2, 0) is 16.3 Å². The van der Waals surface area contributed by atoms with Crippen molar-refractivity contribution in [1.29, 1.82) is 0 Å². The molecule has 0 heterocycles. The van der Waals surface area contributed by atoms with Gasteiger partial charge in [0.25, 0.3) is 0 Å². The van der Waals surface area contributed by atoms with E-state index in [1.165, 1.54) is 6.07 Å². The number of halogens is 2. The quantitative estimate of drug-likeness (QED) is 0.894. The monoisotopic (exact) mass is 369 g/mol. The highest BCUT2D eigenvalue weighted by Gasteiger charge is 2.38. The van der Waals surface area contributed by atoms with Crippen molar-refractivity contribution >= 4 is 22.2 Å². The first-order valence-corrected chi connectivity index (χ1v) is 9.34. The SMILES string of the molecule is CNC(C1CCCc2cccc(F)c21)S(=O)(=O)c1ccccc1.Cl. The van der Waals surface area contributed by atoms with Crippen LogP contribution in [0.3, 0.4) is 0 Å². The number of hydrogen-bond donors (Lipinski definition) is 1. The van der Waals surface area contributed by atoms with E-state index in [4.69, 9.17) is 0 Å². The summed E-state index contributed by atoms with van der Waals surface area (Å²) >= 11 is 0. The van der Waals surface area contributed by atoms with Crippen LogP contribution in [0.2, 0.25) is 0 Å². The predicted molar refractivity (Wildman–Crippen MR) is 95.8 cm³/mol. The van der Waals surface area contributed by atoms with Crippen molar-refractivity contribution in [1.82, 2.24) is 5.32 Å². The zero-order chi connectivity index (χ0) is 16.4. The lowest BCUT2D eigenvalue weighted by Gasteiger charge is -2.32. The number of nitrogens with one attached hydrogen (secondary N) is 1. The molecule has 2 aromatic carbocycles. The molecule has 24 heavy (non-hydrogen) atoms. The number of rotatable bonds is 4. The first-order chi connectivity index (χ1) is 11.1. The molecular formula is C18H21ClFNO2S. The molecule has 0 saturated heterocycles. The average Bonchev–Trinajstić information content (AvgIpc) is 2.56. The van der Waals surface area contributed by atoms with Crippen molar-refractivity contribution in [3.63, 3.8) is 0 Å². The van der Waals surface area contributed by atoms with Crippen molar-refractivity contribution in [3.8, 4) is 0 Å². The average molecular weight is 370 g/mol. The third kappa shape index (κ3) is 3.34. The molecule has 6 heteroatoms. The Hall–Kier alpha value is -1.43. The van der Waals surface area contributed by atoms with E-state index in [2.05, 4.69) is 5.32 Å². The fourth-order valence-electron chi connectivity index (χ4n) is 3.50. The van der Waals surface area contributed by atoms with Gasteiger partial charge in [-0.05, 0) is 55.6 Å². The molecule has 1 N–H and O–H groups in total. The second-order valence-electron chi connectivity index (χ2n) is 5.88. The van der Waals surface area contributed by atoms with Crippen molar-refractivity contribution < 1.29 is 12.8 Å². The van der Waals surface area contributed by atoms with Gasteiger partial charge in [0.1, 0.15) is 11.2 Å². The summed E-state index contributed by atoms with van der Waals surface area (Å²) < 4.78 is 40.4. The maximum Gasteiger partial charge on any atom is 0.194 e. The van der Waals surface area contributed by atoms with Gasteiger partial charge < -0.3 is 5.32 Å². The molecule has 0 aromatic heterocycles. The van der Waals surface area contributed by atoms with Crippen LogP contribution in [0.25, 0.3) is 0 Å². The Balaban J connectivity index is 0.00000208. The maximum absolute atomic E-state index is 14.4. The normalized spacial score (nSPS) is 18.3. The molecule has 0 aliphatic heterocycles. The van der Waals surface area contributed by atoms with E-state index in [1.54, 1.807) is 43.4 Å². The third-order valence-electron chi connectivity index (χ3n) is 4.53. The third-order valence-corrected chi connectivity index (χ3v) is 6.69. The zero-order valence-corrected chi connectivity index (χ0v) is 15.0. The van der Waals surface area contributed by atoms with Gasteiger partial charge in [-0.3, -0.25) is 0 Å². The molecular weight excluding hydrogens is 349 g/mol. The Morgan fingerprint density at radius 2 is 1.83 bits per heavy atom. The zero-order valence-electron chi connectivity index (χ0n) is 13.4. The molecule has 130 valence electrons. The topological polar surface area (TPSA) is 46.2 Å². The molecule has 2 aromatic rings. The second-order valence-corrected chi connectivity index (χ2v) is 7.95. The van der Waals surface area contributed by atoms with Crippen LogP contribution in [0.15, 0.2) is 53.4 Å². The van der Waals surface area contributed by atoms with E-state index in [-0.39, 0.29) is 29.0 Å². The van der Waals surface area contributed by atoms with E-state index in [0.29, 0.717) is 12.0 Å². The van der Waals surface area contributed by atoms with Gasteiger partial charge in [0.05, 0.1) is 4.90 Å². The first kappa shape index (κ1) is 18.9. The largest absolute Gasteiger partial charge is 0.303 e. The lowest BCUT2D eigenvalue weighted by Crippen LogP contribution is -2.41. The Labute approximate surface area is 148 Å². The smallest absolute Gasteiger partial charge is 0.194 e. The summed E-state index contributed by atoms with van der Waals surface area (Å²) in [6.07, 6.45) is 2.32. The summed E-state index contributed by atoms with van der Waals surface area (Å²) in [7, 11) is -1.96. The van der Waals surface area contributed by atoms with Gasteiger partial charge in [0.15, 0.2) is 9.84 Å². The minimum atomic E-state index is -3.59. The summed E-state index contributed by atoms with van der Waals surface area (Å²) in [6, 6.07) is 13.4. The number of hydrogen-bond acceptors (Lipinski definition) is 3. The first-order valence-electron chi connectivity index (χ1n) is 7.79. The van der Waals surface area contributed by atoms with E-state index in [0.717, 1.165) is 18.4 Å². The summed E-state index contributed by atoms with van der Waals surface area (Å²) in [5, 5.41) is 2.09. The van der Waals surface area contributed by atoms with Crippen LogP contribution in [-0.4, -0.2) is 20.8 Å². The van der Waals surface area contributed by atoms with Crippen molar-refractivity contribution in [3.05, 3.63) is 65.5 Å². The molecule has 0 fully saturated rings. The van der Waals surface area contributed by atoms with E-state index < -0.39 is 15.2 Å². The van der Waals surface area contributed by atoms with Gasteiger partial charge in [-0.2, -0.15) is 0 Å². The van der Waals surface area contributed by atoms with E-state index >= 15 is 0 Å². The van der Waals surface area contributed by atoms with E-state index in [1.807, 2.05) is 6.07 Å². The van der Waals surface area contributed by atoms with Crippen molar-refractivity contribution in [2.75, 3.05) is 7.05 Å². The minimum absolute atomic E-state index is 0. The molecule has 0 bridgehead atoms. The highest BCUT2D eigenvalue weighted by molar-refractivity contribution is 7.92. The molecule has 2 unspecified atom stereocenters. The van der Waals surface area contributed by atoms with Crippen LogP contribution in [0.1, 0.15) is 29.9 Å². The Kier molecular flexibility index (Phi) is 6.01. The fourth-order valence-corrected chi connectivity index (χ4v) is 5.35. The maximum atomic E-state index is 14.4. The molecule has 1 aliphatic carbocycles. The van der Waals surface area contributed by atoms with Crippen LogP contribution in [0.5, 0.6) is 0 Å². The molecule has 0 spiro atoms. The molecule has 1 aliphatic rings. The number of fused-ring (bicyclic) bond motifs is 1. The van der Waals surface area contributed by atoms with Crippen molar-refractivity contribution in [2.45, 2.75) is 35.4 Å². The summed E-state index contributed by atoms with van der Waals surface area (Å²) in [5.74, 6) is -0.689. The summed E-state index contributed by atoms with van der Waals surface area (Å²) in [5.41, 5.74) is 1.47. The number of sulfone groups is 1. The van der Waals surface area contributed by atoms with Gasteiger partial charge >= 0.3 is 0 Å². The Morgan fingerprint density at radius 1 is 1.12 bits per heavy atom. The van der Waals surface area contributed by atoms with Gasteiger partial charge in [-0.15, -0.1) is 12.4 Å². The molecule has 0 amide bonds. The Morgan fingerprint density at radius 3 is 2.50 bits per heavy atom. The number of likely N-dealkylation sites (N-methyl/N-ethyl adjacent to an activating group) is 1. The lowest BCUT2D eigenvalue weighted by atomic mass is 9.82. The van der Waals surface area contributed by atoms with Crippen LogP contribution >= 0.6 is 12.4 Å². The number of aryl methyl sites for hydroxylation is 1. The summed E-state index contributed by atoms with van der Waals surface area (Å²) in [6.45, 7) is 0. The number of benzene rings is 2. The van der Waals surface area contributed by atoms with Crippen LogP contribution in [0, 0.1) is 5.82 Å². The molecule has 3 rings (SSSR count). The van der Waals surface area contributed by atoms with Gasteiger partial charge in [-0.1, -0.05) is 30.3 Å². The van der Waals surface area contributed by atoms with Gasteiger partial charge in [0, 0.05) is 5.92 Å². The van der Waals surface area contributed by atoms with E-state index in [9.17, 15) is 12.8 Å². The lowest BCUT2D eigenvalue weighted by molar-refractivity contribution is 0.451. The molecule has 2 atom stereocenters. The van der Waals surface area contributed by atoms with Crippen LogP contribution in [0.4, 0.5) is 4.39 Å². The highest BCUT2D eigenvalue weighted by atomic mass is 35.5. The minimum Gasteiger partial charge on any atom is -0.303 e. The summed E-state index contributed by atoms with van der Waals surface area (Å²) in [4.78, 5) is 0.266. The van der Waals surface area contributed by atoms with Crippen LogP contribution < -0.4 is 5.32 Å². The Bertz CT molecular complexity index is 796. The van der Waals surface area contributed by atoms with Crippen molar-refractivity contribution in [2.24, 2.45) is 0 Å². The fraction of sp³-hybridized carbons (Fsp3) is 0.333. The predicted octanol–water partition coefficient (Wildman–Crippen LogP) is 3.69. The second kappa shape index (κ2) is 7.64. The highest BCUT2D eigenvalue weighted by Crippen LogP contribution is 2.38. The molecule has 0 saturated carbocycles. The standard InChI is InChI=1S/C18H20FNO2S.ClH/c1-20-18(23(21,22)14-9-3-2-4-10-14)15-11-5-7-13-8-6-12-16(19)17(13)15;/h2-4,6,8-10,12,15,18,20H,5,7,11H2,1H3;1H. The molecule has 0 radical (unpaired) electrons. The molecule has 3 nitrogen and oxygen atoms in total.